The van der Waals surface area contributed by atoms with E-state index in [0.29, 0.717) is 6.54 Å². The number of hydrogen-bond donors (Lipinski definition) is 1. The predicted molar refractivity (Wildman–Crippen MR) is 79.1 cm³/mol. The molecule has 1 aromatic rings. The Morgan fingerprint density at radius 1 is 1.32 bits per heavy atom. The van der Waals surface area contributed by atoms with E-state index < -0.39 is 0 Å². The number of piperidine rings is 1. The third-order valence-electron chi connectivity index (χ3n) is 4.37. The molecule has 0 spiro atoms. The van der Waals surface area contributed by atoms with E-state index in [9.17, 15) is 0 Å². The van der Waals surface area contributed by atoms with Crippen molar-refractivity contribution in [3.05, 3.63) is 23.7 Å². The van der Waals surface area contributed by atoms with Crippen molar-refractivity contribution < 1.29 is 4.42 Å². The first-order chi connectivity index (χ1) is 9.28. The molecule has 0 bridgehead atoms. The molecule has 19 heavy (non-hydrogen) atoms. The van der Waals surface area contributed by atoms with Gasteiger partial charge in [0.2, 0.25) is 0 Å². The van der Waals surface area contributed by atoms with Crippen molar-refractivity contribution >= 4 is 0 Å². The molecule has 0 saturated carbocycles. The fourth-order valence-electron chi connectivity index (χ4n) is 3.17. The van der Waals surface area contributed by atoms with Gasteiger partial charge in [0, 0.05) is 13.0 Å². The van der Waals surface area contributed by atoms with E-state index in [0.717, 1.165) is 36.9 Å². The SMILES string of the molecule is CCCC1CCN(C(CN)c2ccc(CC)o2)CC1. The van der Waals surface area contributed by atoms with Crippen molar-refractivity contribution in [3.8, 4) is 0 Å². The molecule has 3 heteroatoms. The molecule has 2 rings (SSSR count). The molecule has 1 atom stereocenters. The van der Waals surface area contributed by atoms with E-state index in [1.54, 1.807) is 0 Å². The molecule has 0 radical (unpaired) electrons. The van der Waals surface area contributed by atoms with Crippen LogP contribution in [0.3, 0.4) is 0 Å². The maximum Gasteiger partial charge on any atom is 0.122 e. The van der Waals surface area contributed by atoms with E-state index >= 15 is 0 Å². The topological polar surface area (TPSA) is 42.4 Å². The average Bonchev–Trinajstić information content (AvgIpc) is 2.91. The van der Waals surface area contributed by atoms with E-state index in [1.807, 2.05) is 0 Å². The number of nitrogens with zero attached hydrogens (tertiary/aromatic N) is 1. The maximum atomic E-state index is 5.98. The van der Waals surface area contributed by atoms with Gasteiger partial charge in [-0.05, 0) is 44.0 Å². The van der Waals surface area contributed by atoms with Gasteiger partial charge in [-0.2, -0.15) is 0 Å². The normalized spacial score (nSPS) is 19.7. The molecule has 1 aliphatic heterocycles. The highest BCUT2D eigenvalue weighted by Gasteiger charge is 2.26. The molecular formula is C16H28N2O. The van der Waals surface area contributed by atoms with E-state index in [2.05, 4.69) is 30.9 Å². The Morgan fingerprint density at radius 3 is 2.58 bits per heavy atom. The van der Waals surface area contributed by atoms with Crippen molar-refractivity contribution in [2.45, 2.75) is 52.0 Å². The summed E-state index contributed by atoms with van der Waals surface area (Å²) >= 11 is 0. The summed E-state index contributed by atoms with van der Waals surface area (Å²) in [6.45, 7) is 7.37. The molecule has 1 saturated heterocycles. The standard InChI is InChI=1S/C16H28N2O/c1-3-5-13-8-10-18(11-9-13)15(12-17)16-7-6-14(4-2)19-16/h6-7,13,15H,3-5,8-12,17H2,1-2H3. The molecule has 1 aliphatic rings. The minimum atomic E-state index is 0.267. The summed E-state index contributed by atoms with van der Waals surface area (Å²) in [7, 11) is 0. The summed E-state index contributed by atoms with van der Waals surface area (Å²) in [5.41, 5.74) is 5.98. The molecule has 1 unspecified atom stereocenters. The lowest BCUT2D eigenvalue weighted by molar-refractivity contribution is 0.118. The number of hydrogen-bond acceptors (Lipinski definition) is 3. The van der Waals surface area contributed by atoms with Gasteiger partial charge in [0.1, 0.15) is 11.5 Å². The van der Waals surface area contributed by atoms with Gasteiger partial charge in [-0.25, -0.2) is 0 Å². The van der Waals surface area contributed by atoms with Crippen LogP contribution in [0.1, 0.15) is 57.1 Å². The van der Waals surface area contributed by atoms with Crippen LogP contribution in [0.2, 0.25) is 0 Å². The zero-order chi connectivity index (χ0) is 13.7. The molecule has 0 aliphatic carbocycles. The van der Waals surface area contributed by atoms with Crippen molar-refractivity contribution in [2.75, 3.05) is 19.6 Å². The second-order valence-electron chi connectivity index (χ2n) is 5.68. The third kappa shape index (κ3) is 3.61. The summed E-state index contributed by atoms with van der Waals surface area (Å²) in [5, 5.41) is 0. The smallest absolute Gasteiger partial charge is 0.122 e. The van der Waals surface area contributed by atoms with Gasteiger partial charge in [0.15, 0.2) is 0 Å². The monoisotopic (exact) mass is 264 g/mol. The van der Waals surface area contributed by atoms with Gasteiger partial charge in [-0.1, -0.05) is 26.7 Å². The molecule has 2 heterocycles. The molecule has 0 amide bonds. The number of rotatable bonds is 6. The molecular weight excluding hydrogens is 236 g/mol. The summed E-state index contributed by atoms with van der Waals surface area (Å²) in [6.07, 6.45) is 6.26. The first kappa shape index (κ1) is 14.6. The van der Waals surface area contributed by atoms with Crippen LogP contribution in [-0.2, 0) is 6.42 Å². The highest BCUT2D eigenvalue weighted by atomic mass is 16.3. The minimum absolute atomic E-state index is 0.267. The Balaban J connectivity index is 1.95. The van der Waals surface area contributed by atoms with Gasteiger partial charge in [-0.3, -0.25) is 4.90 Å². The zero-order valence-corrected chi connectivity index (χ0v) is 12.4. The first-order valence-corrected chi connectivity index (χ1v) is 7.81. The number of aryl methyl sites for hydroxylation is 1. The fraction of sp³-hybridized carbons (Fsp3) is 0.750. The van der Waals surface area contributed by atoms with Crippen molar-refractivity contribution in [1.82, 2.24) is 4.90 Å². The van der Waals surface area contributed by atoms with Gasteiger partial charge in [0.25, 0.3) is 0 Å². The van der Waals surface area contributed by atoms with Crippen LogP contribution in [0.25, 0.3) is 0 Å². The Labute approximate surface area is 117 Å². The highest BCUT2D eigenvalue weighted by Crippen LogP contribution is 2.29. The number of furan rings is 1. The largest absolute Gasteiger partial charge is 0.464 e. The summed E-state index contributed by atoms with van der Waals surface area (Å²) < 4.78 is 5.89. The lowest BCUT2D eigenvalue weighted by Gasteiger charge is -2.36. The van der Waals surface area contributed by atoms with Crippen molar-refractivity contribution in [3.63, 3.8) is 0 Å². The second kappa shape index (κ2) is 7.11. The van der Waals surface area contributed by atoms with Crippen LogP contribution < -0.4 is 5.73 Å². The van der Waals surface area contributed by atoms with E-state index in [-0.39, 0.29) is 6.04 Å². The summed E-state index contributed by atoms with van der Waals surface area (Å²) in [5.74, 6) is 3.03. The average molecular weight is 264 g/mol. The molecule has 3 nitrogen and oxygen atoms in total. The minimum Gasteiger partial charge on any atom is -0.464 e. The van der Waals surface area contributed by atoms with Crippen molar-refractivity contribution in [2.24, 2.45) is 11.7 Å². The predicted octanol–water partition coefficient (Wildman–Crippen LogP) is 3.35. The van der Waals surface area contributed by atoms with Gasteiger partial charge in [-0.15, -0.1) is 0 Å². The second-order valence-corrected chi connectivity index (χ2v) is 5.68. The van der Waals surface area contributed by atoms with Crippen LogP contribution in [0.4, 0.5) is 0 Å². The third-order valence-corrected chi connectivity index (χ3v) is 4.37. The summed E-state index contributed by atoms with van der Waals surface area (Å²) in [6, 6.07) is 4.46. The number of nitrogens with two attached hydrogens (primary N) is 1. The quantitative estimate of drug-likeness (QED) is 0.856. The fourth-order valence-corrected chi connectivity index (χ4v) is 3.17. The van der Waals surface area contributed by atoms with Crippen LogP contribution in [0.15, 0.2) is 16.5 Å². The highest BCUT2D eigenvalue weighted by molar-refractivity contribution is 5.11. The van der Waals surface area contributed by atoms with Gasteiger partial charge in [0.05, 0.1) is 6.04 Å². The van der Waals surface area contributed by atoms with Crippen LogP contribution in [0.5, 0.6) is 0 Å². The maximum absolute atomic E-state index is 5.98. The van der Waals surface area contributed by atoms with Crippen LogP contribution in [0, 0.1) is 5.92 Å². The van der Waals surface area contributed by atoms with Crippen LogP contribution in [-0.4, -0.2) is 24.5 Å². The zero-order valence-electron chi connectivity index (χ0n) is 12.4. The number of likely N-dealkylation sites (tertiary alicyclic amines) is 1. The Hall–Kier alpha value is -0.800. The van der Waals surface area contributed by atoms with Gasteiger partial charge >= 0.3 is 0 Å². The Kier molecular flexibility index (Phi) is 5.46. The molecule has 0 aromatic carbocycles. The Bertz CT molecular complexity index is 367. The molecule has 1 fully saturated rings. The summed E-state index contributed by atoms with van der Waals surface area (Å²) in [4.78, 5) is 2.50. The van der Waals surface area contributed by atoms with Gasteiger partial charge < -0.3 is 10.2 Å². The molecule has 2 N–H and O–H groups in total. The van der Waals surface area contributed by atoms with Crippen LogP contribution >= 0.6 is 0 Å². The Morgan fingerprint density at radius 2 is 2.05 bits per heavy atom. The van der Waals surface area contributed by atoms with Crippen molar-refractivity contribution in [1.29, 1.82) is 0 Å². The first-order valence-electron chi connectivity index (χ1n) is 7.81. The lowest BCUT2D eigenvalue weighted by Crippen LogP contribution is -2.39. The molecule has 1 aromatic heterocycles. The lowest BCUT2D eigenvalue weighted by atomic mass is 9.91. The van der Waals surface area contributed by atoms with E-state index in [1.165, 1.54) is 25.7 Å². The molecule has 108 valence electrons. The van der Waals surface area contributed by atoms with E-state index in [4.69, 9.17) is 10.2 Å².